The van der Waals surface area contributed by atoms with Gasteiger partial charge in [0.1, 0.15) is 0 Å². The summed E-state index contributed by atoms with van der Waals surface area (Å²) in [5.74, 6) is -1.19. The van der Waals surface area contributed by atoms with Gasteiger partial charge in [-0.05, 0) is 44.9 Å². The zero-order valence-electron chi connectivity index (χ0n) is 19.3. The maximum atomic E-state index is 13.4. The highest BCUT2D eigenvalue weighted by atomic mass is 35.5. The lowest BCUT2D eigenvalue weighted by atomic mass is 9.92. The van der Waals surface area contributed by atoms with Gasteiger partial charge >= 0.3 is 6.18 Å². The quantitative estimate of drug-likeness (QED) is 0.562. The molecule has 0 atom stereocenters. The molecule has 0 bridgehead atoms. The first-order chi connectivity index (χ1) is 16.5. The van der Waals surface area contributed by atoms with Gasteiger partial charge in [0.25, 0.3) is 0 Å². The molecule has 186 valence electrons. The van der Waals surface area contributed by atoms with Crippen molar-refractivity contribution >= 4 is 39.8 Å². The largest absolute Gasteiger partial charge is 0.451 e. The van der Waals surface area contributed by atoms with Gasteiger partial charge in [-0.15, -0.1) is 10.2 Å². The number of hydrogen-bond acceptors (Lipinski definition) is 6. The molecule has 0 saturated carbocycles. The second-order valence-corrected chi connectivity index (χ2v) is 10.2. The Bertz CT molecular complexity index is 1290. The summed E-state index contributed by atoms with van der Waals surface area (Å²) in [5.41, 5.74) is 7.47. The van der Waals surface area contributed by atoms with Gasteiger partial charge in [-0.3, -0.25) is 14.3 Å². The Balaban J connectivity index is 1.33. The average molecular weight is 508 g/mol. The molecule has 0 spiro atoms. The minimum Gasteiger partial charge on any atom is -0.396 e. The van der Waals surface area contributed by atoms with Gasteiger partial charge < -0.3 is 15.5 Å². The number of carbonyl (C=O) groups is 1. The lowest BCUT2D eigenvalue weighted by Crippen LogP contribution is -2.52. The van der Waals surface area contributed by atoms with E-state index in [1.807, 2.05) is 12.1 Å². The minimum absolute atomic E-state index is 0.00595. The second-order valence-electron chi connectivity index (χ2n) is 9.76. The van der Waals surface area contributed by atoms with Crippen molar-refractivity contribution in [3.63, 3.8) is 0 Å². The number of pyridine rings is 1. The number of aromatic nitrogens is 4. The van der Waals surface area contributed by atoms with E-state index in [0.29, 0.717) is 36.6 Å². The number of halogens is 4. The molecule has 0 unspecified atom stereocenters. The van der Waals surface area contributed by atoms with Crippen LogP contribution in [0.15, 0.2) is 24.4 Å². The molecule has 1 saturated heterocycles. The Morgan fingerprint density at radius 1 is 1.20 bits per heavy atom. The lowest BCUT2D eigenvalue weighted by Gasteiger charge is -2.42. The molecule has 1 fully saturated rings. The predicted octanol–water partition coefficient (Wildman–Crippen LogP) is 4.07. The topological polar surface area (TPSA) is 93.2 Å². The van der Waals surface area contributed by atoms with Gasteiger partial charge in [0, 0.05) is 36.0 Å². The van der Waals surface area contributed by atoms with Crippen molar-refractivity contribution in [1.29, 1.82) is 0 Å². The molecule has 2 aliphatic rings. The van der Waals surface area contributed by atoms with Crippen molar-refractivity contribution in [2.75, 3.05) is 30.3 Å². The number of carbonyl (C=O) groups excluding carboxylic acids is 1. The van der Waals surface area contributed by atoms with E-state index in [9.17, 15) is 18.0 Å². The molecule has 2 N–H and O–H groups in total. The number of anilines is 2. The molecule has 1 amide bonds. The minimum atomic E-state index is -4.61. The fourth-order valence-electron chi connectivity index (χ4n) is 5.29. The van der Waals surface area contributed by atoms with Gasteiger partial charge in [-0.25, -0.2) is 0 Å². The molecule has 35 heavy (non-hydrogen) atoms. The summed E-state index contributed by atoms with van der Waals surface area (Å²) in [6, 6.07) is 5.46. The van der Waals surface area contributed by atoms with Crippen LogP contribution in [0.1, 0.15) is 38.3 Å². The number of hydrogen-bond donors (Lipinski definition) is 1. The molecule has 5 rings (SSSR count). The van der Waals surface area contributed by atoms with E-state index in [2.05, 4.69) is 20.1 Å². The van der Waals surface area contributed by atoms with Crippen LogP contribution in [0.5, 0.6) is 0 Å². The zero-order chi connectivity index (χ0) is 25.1. The van der Waals surface area contributed by atoms with Crippen molar-refractivity contribution < 1.29 is 18.0 Å². The van der Waals surface area contributed by atoms with Crippen LogP contribution in [-0.4, -0.2) is 50.2 Å². The Morgan fingerprint density at radius 2 is 1.91 bits per heavy atom. The standard InChI is InChI=1S/C23H25ClF3N7O/c1-22(2)12-33(11-18-30-31-21(34(18)22)23(25,26)27)20(35)13-5-7-32(8-6-13)19-15-9-14(24)3-4-17(15)29-10-16(19)28/h3-4,9-10,13H,5-8,11-12,28H2,1-2H3. The number of fused-ring (bicyclic) bond motifs is 2. The van der Waals surface area contributed by atoms with Crippen LogP contribution in [0.2, 0.25) is 5.02 Å². The van der Waals surface area contributed by atoms with Crippen LogP contribution in [0, 0.1) is 5.92 Å². The maximum Gasteiger partial charge on any atom is 0.451 e. The Kier molecular flexibility index (Phi) is 5.58. The Labute approximate surface area is 204 Å². The van der Waals surface area contributed by atoms with Gasteiger partial charge in [-0.2, -0.15) is 13.2 Å². The molecule has 8 nitrogen and oxygen atoms in total. The van der Waals surface area contributed by atoms with E-state index in [4.69, 9.17) is 17.3 Å². The molecule has 1 aromatic carbocycles. The normalized spacial score (nSPS) is 18.7. The number of alkyl halides is 3. The van der Waals surface area contributed by atoms with Crippen LogP contribution in [0.4, 0.5) is 24.5 Å². The summed E-state index contributed by atoms with van der Waals surface area (Å²) in [6.07, 6.45) is -1.78. The van der Waals surface area contributed by atoms with E-state index in [1.54, 1.807) is 31.0 Å². The Morgan fingerprint density at radius 3 is 2.60 bits per heavy atom. The first kappa shape index (κ1) is 23.7. The summed E-state index contributed by atoms with van der Waals surface area (Å²) in [6.45, 7) is 4.71. The first-order valence-corrected chi connectivity index (χ1v) is 11.7. The zero-order valence-corrected chi connectivity index (χ0v) is 20.1. The van der Waals surface area contributed by atoms with Crippen LogP contribution in [0.3, 0.4) is 0 Å². The third-order valence-corrected chi connectivity index (χ3v) is 7.04. The summed E-state index contributed by atoms with van der Waals surface area (Å²) < 4.78 is 41.3. The number of nitrogen functional groups attached to an aromatic ring is 1. The van der Waals surface area contributed by atoms with Crippen molar-refractivity contribution in [3.05, 3.63) is 41.1 Å². The van der Waals surface area contributed by atoms with E-state index < -0.39 is 17.5 Å². The third kappa shape index (κ3) is 4.15. The first-order valence-electron chi connectivity index (χ1n) is 11.3. The number of piperidine rings is 1. The van der Waals surface area contributed by atoms with Crippen LogP contribution < -0.4 is 10.6 Å². The number of nitrogens with zero attached hydrogens (tertiary/aromatic N) is 6. The molecule has 2 aliphatic heterocycles. The summed E-state index contributed by atoms with van der Waals surface area (Å²) in [4.78, 5) is 21.5. The summed E-state index contributed by atoms with van der Waals surface area (Å²) in [5, 5.41) is 8.57. The van der Waals surface area contributed by atoms with E-state index in [1.165, 1.54) is 0 Å². The average Bonchev–Trinajstić information content (AvgIpc) is 3.24. The third-order valence-electron chi connectivity index (χ3n) is 6.80. The van der Waals surface area contributed by atoms with Crippen molar-refractivity contribution in [1.82, 2.24) is 24.6 Å². The highest BCUT2D eigenvalue weighted by Gasteiger charge is 2.46. The monoisotopic (exact) mass is 507 g/mol. The molecular weight excluding hydrogens is 483 g/mol. The van der Waals surface area contributed by atoms with Crippen LogP contribution >= 0.6 is 11.6 Å². The predicted molar refractivity (Wildman–Crippen MR) is 126 cm³/mol. The van der Waals surface area contributed by atoms with E-state index >= 15 is 0 Å². The smallest absolute Gasteiger partial charge is 0.396 e. The fraction of sp³-hybridized carbons (Fsp3) is 0.478. The van der Waals surface area contributed by atoms with Gasteiger partial charge in [0.05, 0.1) is 35.2 Å². The molecular formula is C23H25ClF3N7O. The summed E-state index contributed by atoms with van der Waals surface area (Å²) >= 11 is 6.21. The van der Waals surface area contributed by atoms with Gasteiger partial charge in [0.15, 0.2) is 5.82 Å². The molecule has 2 aromatic heterocycles. The van der Waals surface area contributed by atoms with E-state index in [0.717, 1.165) is 21.2 Å². The molecule has 0 radical (unpaired) electrons. The lowest BCUT2D eigenvalue weighted by molar-refractivity contribution is -0.151. The molecule has 12 heteroatoms. The van der Waals surface area contributed by atoms with Gasteiger partial charge in [-0.1, -0.05) is 11.6 Å². The number of nitrogens with two attached hydrogens (primary N) is 1. The maximum absolute atomic E-state index is 13.4. The summed E-state index contributed by atoms with van der Waals surface area (Å²) in [7, 11) is 0. The van der Waals surface area contributed by atoms with Crippen molar-refractivity contribution in [2.45, 2.75) is 44.9 Å². The number of amides is 1. The molecule has 4 heterocycles. The van der Waals surface area contributed by atoms with Crippen molar-refractivity contribution in [2.24, 2.45) is 5.92 Å². The highest BCUT2D eigenvalue weighted by Crippen LogP contribution is 2.38. The highest BCUT2D eigenvalue weighted by molar-refractivity contribution is 6.31. The Hall–Kier alpha value is -3.08. The number of benzene rings is 1. The fourth-order valence-corrected chi connectivity index (χ4v) is 5.46. The number of rotatable bonds is 2. The SMILES string of the molecule is CC1(C)CN(C(=O)C2CCN(c3c(N)cnc4ccc(Cl)cc34)CC2)Cc2nnc(C(F)(F)F)n21. The second kappa shape index (κ2) is 8.25. The van der Waals surface area contributed by atoms with E-state index in [-0.39, 0.29) is 30.7 Å². The van der Waals surface area contributed by atoms with Crippen LogP contribution in [-0.2, 0) is 23.1 Å². The van der Waals surface area contributed by atoms with Crippen LogP contribution in [0.25, 0.3) is 10.9 Å². The molecule has 3 aromatic rings. The van der Waals surface area contributed by atoms with Gasteiger partial charge in [0.2, 0.25) is 11.7 Å². The van der Waals surface area contributed by atoms with Crippen molar-refractivity contribution in [3.8, 4) is 0 Å². The molecule has 0 aliphatic carbocycles.